The predicted octanol–water partition coefficient (Wildman–Crippen LogP) is -1.06. The molecule has 1 aliphatic carbocycles. The Hall–Kier alpha value is -3.52. The Bertz CT molecular complexity index is 1420. The molecular formula is C21H29N9O8S2. The van der Waals surface area contributed by atoms with E-state index in [1.54, 1.807) is 0 Å². The first-order valence-electron chi connectivity index (χ1n) is 12.2. The minimum Gasteiger partial charge on any atom is -0.478 e. The molecule has 4 rings (SSSR count). The maximum absolute atomic E-state index is 13.3. The van der Waals surface area contributed by atoms with Crippen LogP contribution in [0.5, 0.6) is 0 Å². The molecule has 19 heteroatoms. The van der Waals surface area contributed by atoms with E-state index in [4.69, 9.17) is 16.3 Å². The van der Waals surface area contributed by atoms with Crippen molar-refractivity contribution in [2.45, 2.75) is 56.8 Å². The van der Waals surface area contributed by atoms with E-state index in [-0.39, 0.29) is 46.3 Å². The van der Waals surface area contributed by atoms with Crippen LogP contribution in [0.3, 0.4) is 0 Å². The smallest absolute Gasteiger partial charge is 0.362 e. The Kier molecular flexibility index (Phi) is 8.49. The van der Waals surface area contributed by atoms with Gasteiger partial charge in [-0.1, -0.05) is 5.16 Å². The number of carboxylic acid groups (broad SMARTS) is 1. The van der Waals surface area contributed by atoms with Crippen molar-refractivity contribution in [3.63, 3.8) is 0 Å². The number of ketones is 1. The third kappa shape index (κ3) is 6.28. The van der Waals surface area contributed by atoms with Crippen molar-refractivity contribution < 1.29 is 37.3 Å². The van der Waals surface area contributed by atoms with Crippen molar-refractivity contribution in [1.82, 2.24) is 29.6 Å². The predicted molar refractivity (Wildman–Crippen MR) is 139 cm³/mol. The number of amides is 1. The Morgan fingerprint density at radius 1 is 1.40 bits per heavy atom. The van der Waals surface area contributed by atoms with Gasteiger partial charge in [0.15, 0.2) is 16.6 Å². The molecule has 1 saturated heterocycles. The van der Waals surface area contributed by atoms with Gasteiger partial charge in [0.1, 0.15) is 5.69 Å². The molecule has 1 saturated carbocycles. The molecule has 0 aromatic carbocycles. The number of oxime groups is 1. The highest BCUT2D eigenvalue weighted by Crippen LogP contribution is 2.40. The summed E-state index contributed by atoms with van der Waals surface area (Å²) >= 11 is 1.00. The van der Waals surface area contributed by atoms with E-state index >= 15 is 0 Å². The highest BCUT2D eigenvalue weighted by Gasteiger charge is 2.56. The first-order chi connectivity index (χ1) is 18.9. The number of hydrogen-bond acceptors (Lipinski definition) is 14. The van der Waals surface area contributed by atoms with Crippen LogP contribution in [0, 0.1) is 5.92 Å². The van der Waals surface area contributed by atoms with Gasteiger partial charge in [-0.15, -0.1) is 11.3 Å². The summed E-state index contributed by atoms with van der Waals surface area (Å²) in [7, 11) is -4.95. The summed E-state index contributed by atoms with van der Waals surface area (Å²) in [6.45, 7) is 2.78. The van der Waals surface area contributed by atoms with Crippen molar-refractivity contribution in [1.29, 1.82) is 0 Å². The molecule has 1 amide bonds. The lowest BCUT2D eigenvalue weighted by atomic mass is 9.84. The number of rotatable bonds is 15. The van der Waals surface area contributed by atoms with E-state index < -0.39 is 51.9 Å². The fourth-order valence-electron chi connectivity index (χ4n) is 4.10. The molecule has 0 bridgehead atoms. The fourth-order valence-corrected chi connectivity index (χ4v) is 5.56. The summed E-state index contributed by atoms with van der Waals surface area (Å²) in [4.78, 5) is 47.9. The molecule has 3 atom stereocenters. The summed E-state index contributed by atoms with van der Waals surface area (Å²) in [5.41, 5.74) is 9.82. The molecule has 2 aromatic rings. The highest BCUT2D eigenvalue weighted by molar-refractivity contribution is 7.84. The number of aliphatic carboxylic acids is 1. The number of carbonyl (C=O) groups excluding carboxylic acids is 2. The van der Waals surface area contributed by atoms with E-state index in [0.29, 0.717) is 18.8 Å². The Morgan fingerprint density at radius 2 is 2.12 bits per heavy atom. The number of β-lactam (4-membered cyclic amide) rings is 1. The van der Waals surface area contributed by atoms with Gasteiger partial charge in [-0.25, -0.2) is 14.1 Å². The maximum atomic E-state index is 13.3. The van der Waals surface area contributed by atoms with E-state index in [0.717, 1.165) is 17.8 Å². The average molecular weight is 600 g/mol. The first-order valence-corrected chi connectivity index (χ1v) is 14.5. The van der Waals surface area contributed by atoms with Crippen LogP contribution in [0.25, 0.3) is 0 Å². The van der Waals surface area contributed by atoms with Crippen LogP contribution in [-0.2, 0) is 36.1 Å². The van der Waals surface area contributed by atoms with Crippen molar-refractivity contribution in [3.8, 4) is 0 Å². The van der Waals surface area contributed by atoms with Crippen LogP contribution in [0.4, 0.5) is 5.13 Å². The van der Waals surface area contributed by atoms with Crippen molar-refractivity contribution >= 4 is 50.1 Å². The summed E-state index contributed by atoms with van der Waals surface area (Å²) in [5.74, 6) is -4.21. The van der Waals surface area contributed by atoms with Gasteiger partial charge in [-0.3, -0.25) is 14.1 Å². The number of aromatic nitrogens is 4. The van der Waals surface area contributed by atoms with Gasteiger partial charge in [0, 0.05) is 24.6 Å². The van der Waals surface area contributed by atoms with Gasteiger partial charge in [0.2, 0.25) is 11.5 Å². The summed E-state index contributed by atoms with van der Waals surface area (Å²) in [6.07, 6.45) is 2.07. The SMILES string of the molecule is CC(NCCCN)c1cnn(C[C@@H]2[C@H](CC(=O)/C(=N\OC3(C(=O)O)CC3)c3csc(N)n3)C(=O)N2S(=O)(=O)O)n1. The van der Waals surface area contributed by atoms with Crippen molar-refractivity contribution in [2.75, 3.05) is 18.8 Å². The lowest BCUT2D eigenvalue weighted by Gasteiger charge is -2.43. The number of nitrogens with zero attached hydrogens (tertiary/aromatic N) is 6. The molecule has 218 valence electrons. The second kappa shape index (κ2) is 11.5. The van der Waals surface area contributed by atoms with Crippen LogP contribution in [0.15, 0.2) is 16.7 Å². The number of nitrogens with two attached hydrogens (primary N) is 2. The normalized spacial score (nSPS) is 21.1. The lowest BCUT2D eigenvalue weighted by Crippen LogP contribution is -2.64. The summed E-state index contributed by atoms with van der Waals surface area (Å²) < 4.78 is 33.8. The van der Waals surface area contributed by atoms with Gasteiger partial charge in [-0.05, 0) is 26.4 Å². The van der Waals surface area contributed by atoms with Gasteiger partial charge in [-0.2, -0.15) is 23.4 Å². The van der Waals surface area contributed by atoms with E-state index in [1.165, 1.54) is 16.4 Å². The number of anilines is 1. The van der Waals surface area contributed by atoms with Gasteiger partial charge < -0.3 is 26.7 Å². The number of carbonyl (C=O) groups is 3. The van der Waals surface area contributed by atoms with E-state index in [1.807, 2.05) is 6.92 Å². The second-order valence-electron chi connectivity index (χ2n) is 9.46. The molecule has 3 heterocycles. The first kappa shape index (κ1) is 29.5. The maximum Gasteiger partial charge on any atom is 0.362 e. The van der Waals surface area contributed by atoms with Crippen LogP contribution in [0.2, 0.25) is 0 Å². The van der Waals surface area contributed by atoms with Crippen LogP contribution >= 0.6 is 11.3 Å². The molecule has 2 fully saturated rings. The number of nitrogens with one attached hydrogen (secondary N) is 1. The van der Waals surface area contributed by atoms with Gasteiger partial charge >= 0.3 is 16.3 Å². The molecule has 2 aromatic heterocycles. The largest absolute Gasteiger partial charge is 0.478 e. The third-order valence-corrected chi connectivity index (χ3v) is 8.19. The second-order valence-corrected chi connectivity index (χ2v) is 11.6. The Labute approximate surface area is 232 Å². The minimum atomic E-state index is -4.95. The molecule has 1 aliphatic heterocycles. The molecule has 17 nitrogen and oxygen atoms in total. The number of thiazole rings is 1. The molecular weight excluding hydrogens is 570 g/mol. The van der Waals surface area contributed by atoms with Crippen LogP contribution in [-0.4, -0.2) is 90.5 Å². The molecule has 7 N–H and O–H groups in total. The number of Topliss-reactive ketones (excluding diaryl/α,β-unsaturated/α-hetero) is 1. The van der Waals surface area contributed by atoms with E-state index in [2.05, 4.69) is 25.7 Å². The quantitative estimate of drug-likeness (QED) is 0.0538. The third-order valence-electron chi connectivity index (χ3n) is 6.57. The zero-order valence-electron chi connectivity index (χ0n) is 21.3. The molecule has 1 unspecified atom stereocenters. The summed E-state index contributed by atoms with van der Waals surface area (Å²) in [5, 5.41) is 26.3. The van der Waals surface area contributed by atoms with Gasteiger partial charge in [0.25, 0.3) is 0 Å². The summed E-state index contributed by atoms with van der Waals surface area (Å²) in [6, 6.07) is -1.38. The molecule has 0 spiro atoms. The number of nitrogen functional groups attached to an aromatic ring is 1. The molecule has 2 aliphatic rings. The fraction of sp³-hybridized carbons (Fsp3) is 0.571. The Morgan fingerprint density at radius 3 is 2.70 bits per heavy atom. The average Bonchev–Trinajstić information content (AvgIpc) is 3.32. The molecule has 40 heavy (non-hydrogen) atoms. The van der Waals surface area contributed by atoms with Crippen molar-refractivity contribution in [3.05, 3.63) is 23.0 Å². The van der Waals surface area contributed by atoms with Gasteiger partial charge in [0.05, 0.1) is 36.4 Å². The Balaban J connectivity index is 1.53. The minimum absolute atomic E-state index is 0.0122. The zero-order valence-corrected chi connectivity index (χ0v) is 23.0. The van der Waals surface area contributed by atoms with E-state index in [9.17, 15) is 32.5 Å². The lowest BCUT2D eigenvalue weighted by molar-refractivity contribution is -0.153. The highest BCUT2D eigenvalue weighted by atomic mass is 32.2. The topological polar surface area (TPSA) is 258 Å². The number of hydrogen-bond donors (Lipinski definition) is 5. The number of carboxylic acids is 1. The van der Waals surface area contributed by atoms with Crippen molar-refractivity contribution in [2.24, 2.45) is 16.8 Å². The molecule has 0 radical (unpaired) electrons. The van der Waals surface area contributed by atoms with Crippen LogP contribution in [0.1, 0.15) is 50.0 Å². The monoisotopic (exact) mass is 599 g/mol. The van der Waals surface area contributed by atoms with Crippen LogP contribution < -0.4 is 16.8 Å². The zero-order chi connectivity index (χ0) is 29.2. The standard InChI is InChI=1S/C21H29N9O8S2/c1-11(24-6-2-5-22)13-8-25-29(27-13)9-15-12(18(32)30(15)40(35,36)37)7-16(31)17(14-10-39-20(23)26-14)28-38-21(3-4-21)19(33)34/h8,10-12,15,24H,2-7,9,22H2,1H3,(H2,23,26)(H,33,34)(H,35,36,37)/b28-17-/t11?,12-,15+/m0/s1.